The number of phenolic OH excluding ortho intramolecular Hbond substituents is 1. The molecule has 0 saturated carbocycles. The summed E-state index contributed by atoms with van der Waals surface area (Å²) in [6.45, 7) is 5.85. The summed E-state index contributed by atoms with van der Waals surface area (Å²) in [4.78, 5) is 32.2. The molecule has 0 aliphatic carbocycles. The Morgan fingerprint density at radius 1 is 1.16 bits per heavy atom. The van der Waals surface area contributed by atoms with Gasteiger partial charge < -0.3 is 14.6 Å². The number of rotatable bonds is 6. The maximum absolute atomic E-state index is 13.9. The van der Waals surface area contributed by atoms with Gasteiger partial charge in [0.15, 0.2) is 16.3 Å². The first-order valence-electron chi connectivity index (χ1n) is 12.2. The van der Waals surface area contributed by atoms with Crippen LogP contribution < -0.4 is 19.6 Å². The second-order valence-corrected chi connectivity index (χ2v) is 10.1. The van der Waals surface area contributed by atoms with Crippen molar-refractivity contribution in [1.29, 1.82) is 0 Å². The van der Waals surface area contributed by atoms with Crippen molar-refractivity contribution < 1.29 is 19.4 Å². The second kappa shape index (κ2) is 10.5. The third kappa shape index (κ3) is 4.50. The van der Waals surface area contributed by atoms with E-state index in [2.05, 4.69) is 4.99 Å². The van der Waals surface area contributed by atoms with E-state index in [1.807, 2.05) is 42.5 Å². The normalized spacial score (nSPS) is 15.4. The maximum Gasteiger partial charge on any atom is 0.338 e. The molecule has 7 nitrogen and oxygen atoms in total. The van der Waals surface area contributed by atoms with E-state index in [-0.39, 0.29) is 28.7 Å². The number of ether oxygens (including phenoxy) is 2. The SMILES string of the molecule is CCOC(=O)C1=C(C)N=c2s/c(=C\c3cc(Cl)c(O)c(OCC)c3)c(=O)n2[C@H]1c1cccc2ccccc12. The van der Waals surface area contributed by atoms with Gasteiger partial charge in [-0.1, -0.05) is 65.4 Å². The molecule has 2 heterocycles. The number of aromatic nitrogens is 1. The molecule has 1 atom stereocenters. The number of phenols is 1. The second-order valence-electron chi connectivity index (χ2n) is 8.65. The van der Waals surface area contributed by atoms with Crippen molar-refractivity contribution in [3.8, 4) is 11.5 Å². The van der Waals surface area contributed by atoms with Gasteiger partial charge in [-0.05, 0) is 60.9 Å². The number of fused-ring (bicyclic) bond motifs is 2. The number of allylic oxidation sites excluding steroid dienone is 1. The maximum atomic E-state index is 13.9. The molecule has 0 fully saturated rings. The van der Waals surface area contributed by atoms with Crippen molar-refractivity contribution in [2.24, 2.45) is 4.99 Å². The van der Waals surface area contributed by atoms with E-state index >= 15 is 0 Å². The number of hydrogen-bond donors (Lipinski definition) is 1. The highest BCUT2D eigenvalue weighted by atomic mass is 35.5. The fraction of sp³-hybridized carbons (Fsp3) is 0.207. The molecule has 0 spiro atoms. The molecule has 5 rings (SSSR count). The molecule has 1 aromatic heterocycles. The lowest BCUT2D eigenvalue weighted by atomic mass is 9.91. The first-order valence-corrected chi connectivity index (χ1v) is 13.4. The van der Waals surface area contributed by atoms with Crippen molar-refractivity contribution in [1.82, 2.24) is 4.57 Å². The summed E-state index contributed by atoms with van der Waals surface area (Å²) in [7, 11) is 0. The average Bonchev–Trinajstić information content (AvgIpc) is 3.20. The van der Waals surface area contributed by atoms with Gasteiger partial charge in [-0.2, -0.15) is 0 Å². The van der Waals surface area contributed by atoms with Gasteiger partial charge in [0.25, 0.3) is 5.56 Å². The van der Waals surface area contributed by atoms with Crippen molar-refractivity contribution >= 4 is 45.8 Å². The minimum atomic E-state index is -0.721. The van der Waals surface area contributed by atoms with Crippen molar-refractivity contribution in [3.63, 3.8) is 0 Å². The van der Waals surface area contributed by atoms with Crippen molar-refractivity contribution in [2.75, 3.05) is 13.2 Å². The highest BCUT2D eigenvalue weighted by molar-refractivity contribution is 7.07. The molecular weight excluding hydrogens is 524 g/mol. The molecule has 0 radical (unpaired) electrons. The molecule has 9 heteroatoms. The zero-order valence-corrected chi connectivity index (χ0v) is 22.6. The number of carbonyl (C=O) groups is 1. The Morgan fingerprint density at radius 3 is 2.68 bits per heavy atom. The first kappa shape index (κ1) is 25.8. The Kier molecular flexibility index (Phi) is 7.10. The van der Waals surface area contributed by atoms with E-state index < -0.39 is 12.0 Å². The zero-order chi connectivity index (χ0) is 27.0. The van der Waals surface area contributed by atoms with Gasteiger partial charge in [-0.25, -0.2) is 9.79 Å². The number of esters is 1. The van der Waals surface area contributed by atoms with Gasteiger partial charge in [0.2, 0.25) is 0 Å². The third-order valence-corrected chi connectivity index (χ3v) is 7.55. The number of hydrogen-bond acceptors (Lipinski definition) is 7. The van der Waals surface area contributed by atoms with Crippen LogP contribution in [0.25, 0.3) is 16.8 Å². The van der Waals surface area contributed by atoms with Crippen LogP contribution in [-0.4, -0.2) is 28.9 Å². The monoisotopic (exact) mass is 548 g/mol. The fourth-order valence-electron chi connectivity index (χ4n) is 4.67. The average molecular weight is 549 g/mol. The van der Waals surface area contributed by atoms with Gasteiger partial charge in [0, 0.05) is 0 Å². The van der Waals surface area contributed by atoms with Crippen LogP contribution in [0.4, 0.5) is 0 Å². The van der Waals surface area contributed by atoms with Gasteiger partial charge in [0.05, 0.1) is 40.1 Å². The van der Waals surface area contributed by atoms with Gasteiger partial charge in [0.1, 0.15) is 0 Å². The Bertz CT molecular complexity index is 1780. The quantitative estimate of drug-likeness (QED) is 0.352. The van der Waals surface area contributed by atoms with E-state index in [1.54, 1.807) is 43.5 Å². The van der Waals surface area contributed by atoms with Crippen molar-refractivity contribution in [2.45, 2.75) is 26.8 Å². The predicted octanol–water partition coefficient (Wildman–Crippen LogP) is 4.71. The van der Waals surface area contributed by atoms with Gasteiger partial charge in [-0.3, -0.25) is 9.36 Å². The molecule has 1 aliphatic heterocycles. The topological polar surface area (TPSA) is 90.1 Å². The molecule has 1 N–H and O–H groups in total. The van der Waals surface area contributed by atoms with E-state index in [0.717, 1.165) is 16.3 Å². The molecule has 4 aromatic rings. The molecule has 0 amide bonds. The highest BCUT2D eigenvalue weighted by Crippen LogP contribution is 2.36. The lowest BCUT2D eigenvalue weighted by molar-refractivity contribution is -0.139. The Labute approximate surface area is 227 Å². The van der Waals surface area contributed by atoms with Crippen LogP contribution in [0.5, 0.6) is 11.5 Å². The van der Waals surface area contributed by atoms with Crippen molar-refractivity contribution in [3.05, 3.63) is 102 Å². The van der Waals surface area contributed by atoms with E-state index in [1.165, 1.54) is 11.3 Å². The van der Waals surface area contributed by atoms with Crippen LogP contribution >= 0.6 is 22.9 Å². The Hall–Kier alpha value is -3.88. The number of carbonyl (C=O) groups excluding carboxylic acids is 1. The van der Waals surface area contributed by atoms with Crippen LogP contribution in [0.1, 0.15) is 37.9 Å². The van der Waals surface area contributed by atoms with Crippen LogP contribution in [-0.2, 0) is 9.53 Å². The largest absolute Gasteiger partial charge is 0.503 e. The molecule has 38 heavy (non-hydrogen) atoms. The molecule has 0 bridgehead atoms. The summed E-state index contributed by atoms with van der Waals surface area (Å²) in [6, 6.07) is 16.2. The molecule has 1 aliphatic rings. The fourth-order valence-corrected chi connectivity index (χ4v) is 5.93. The number of halogens is 1. The summed E-state index contributed by atoms with van der Waals surface area (Å²) < 4.78 is 12.9. The predicted molar refractivity (Wildman–Crippen MR) is 149 cm³/mol. The molecule has 0 unspecified atom stereocenters. The van der Waals surface area contributed by atoms with E-state index in [0.29, 0.717) is 32.8 Å². The lowest BCUT2D eigenvalue weighted by Crippen LogP contribution is -2.40. The summed E-state index contributed by atoms with van der Waals surface area (Å²) in [5.74, 6) is -0.432. The number of benzene rings is 3. The minimum Gasteiger partial charge on any atom is -0.503 e. The minimum absolute atomic E-state index is 0.115. The summed E-state index contributed by atoms with van der Waals surface area (Å²) >= 11 is 7.43. The standard InChI is InChI=1S/C29H25ClN2O5S/c1-4-36-22-14-17(13-21(30)26(22)33)15-23-27(34)32-25(20-12-8-10-18-9-6-7-11-19(18)20)24(28(35)37-5-2)16(3)31-29(32)38-23/h6-15,25,33H,4-5H2,1-3H3/b23-15-/t25-/m0/s1. The van der Waals surface area contributed by atoms with Crippen LogP contribution in [0.2, 0.25) is 5.02 Å². The van der Waals surface area contributed by atoms with Crippen LogP contribution in [0, 0.1) is 0 Å². The lowest BCUT2D eigenvalue weighted by Gasteiger charge is -2.25. The third-order valence-electron chi connectivity index (χ3n) is 6.28. The highest BCUT2D eigenvalue weighted by Gasteiger charge is 2.34. The van der Waals surface area contributed by atoms with E-state index in [9.17, 15) is 14.7 Å². The summed E-state index contributed by atoms with van der Waals surface area (Å²) in [5.41, 5.74) is 1.92. The number of aromatic hydroxyl groups is 1. The first-order chi connectivity index (χ1) is 18.3. The van der Waals surface area contributed by atoms with Crippen LogP contribution in [0.3, 0.4) is 0 Å². The molecule has 0 saturated heterocycles. The number of thiazole rings is 1. The van der Waals surface area contributed by atoms with E-state index in [4.69, 9.17) is 21.1 Å². The summed E-state index contributed by atoms with van der Waals surface area (Å²) in [6.07, 6.45) is 1.68. The smallest absolute Gasteiger partial charge is 0.338 e. The summed E-state index contributed by atoms with van der Waals surface area (Å²) in [5, 5.41) is 12.2. The Balaban J connectivity index is 1.77. The van der Waals surface area contributed by atoms with Crippen LogP contribution in [0.15, 0.2) is 75.7 Å². The molecule has 3 aromatic carbocycles. The molecule has 194 valence electrons. The zero-order valence-electron chi connectivity index (χ0n) is 21.0. The van der Waals surface area contributed by atoms with Gasteiger partial charge in [-0.15, -0.1) is 0 Å². The molecular formula is C29H25ClN2O5S. The Morgan fingerprint density at radius 2 is 1.92 bits per heavy atom. The number of nitrogens with zero attached hydrogens (tertiary/aromatic N) is 2. The van der Waals surface area contributed by atoms with Gasteiger partial charge >= 0.3 is 5.97 Å².